The smallest absolute Gasteiger partial charge is 0.465 e. The zero-order valence-electron chi connectivity index (χ0n) is 18.3. The van der Waals surface area contributed by atoms with Crippen LogP contribution >= 0.6 is 11.3 Å². The molecule has 2 aromatic carbocycles. The van der Waals surface area contributed by atoms with Crippen molar-refractivity contribution in [3.05, 3.63) is 53.9 Å². The molecular formula is C24H26BNO4S. The summed E-state index contributed by atoms with van der Waals surface area (Å²) in [6, 6.07) is 16.9. The molecule has 1 aliphatic rings. The summed E-state index contributed by atoms with van der Waals surface area (Å²) in [6.45, 7) is 8.88. The number of rotatable bonds is 6. The maximum Gasteiger partial charge on any atom is 0.509 e. The summed E-state index contributed by atoms with van der Waals surface area (Å²) >= 11 is 1.60. The van der Waals surface area contributed by atoms with E-state index in [0.29, 0.717) is 6.61 Å². The Morgan fingerprint density at radius 2 is 1.71 bits per heavy atom. The van der Waals surface area contributed by atoms with Crippen LogP contribution in [-0.2, 0) is 14.0 Å². The Morgan fingerprint density at radius 3 is 2.29 bits per heavy atom. The lowest BCUT2D eigenvalue weighted by Gasteiger charge is -2.21. The minimum atomic E-state index is -0.464. The van der Waals surface area contributed by atoms with Crippen LogP contribution in [0.25, 0.3) is 27.5 Å². The summed E-state index contributed by atoms with van der Waals surface area (Å²) in [6.07, 6.45) is -0.0176. The number of benzene rings is 2. The summed E-state index contributed by atoms with van der Waals surface area (Å²) in [7, 11) is -0.464. The van der Waals surface area contributed by atoms with Gasteiger partial charge in [0.1, 0.15) is 0 Å². The van der Waals surface area contributed by atoms with Gasteiger partial charge in [0, 0.05) is 22.8 Å². The fourth-order valence-electron chi connectivity index (χ4n) is 4.04. The average Bonchev–Trinajstić information content (AvgIpc) is 3.40. The monoisotopic (exact) mass is 435 g/mol. The van der Waals surface area contributed by atoms with Crippen LogP contribution in [-0.4, -0.2) is 36.8 Å². The van der Waals surface area contributed by atoms with E-state index in [1.54, 1.807) is 11.3 Å². The quantitative estimate of drug-likeness (QED) is 0.239. The number of para-hydroxylation sites is 2. The predicted octanol–water partition coefficient (Wildman–Crippen LogP) is 5.13. The summed E-state index contributed by atoms with van der Waals surface area (Å²) < 4.78 is 27.3. The van der Waals surface area contributed by atoms with Crippen molar-refractivity contribution >= 4 is 45.0 Å². The van der Waals surface area contributed by atoms with Crippen molar-refractivity contribution in [2.45, 2.75) is 39.4 Å². The van der Waals surface area contributed by atoms with Crippen LogP contribution < -0.4 is 9.51 Å². The van der Waals surface area contributed by atoms with Gasteiger partial charge in [-0.15, -0.1) is 11.3 Å². The number of fused-ring (bicyclic) bond motifs is 3. The molecule has 0 radical (unpaired) electrons. The molecule has 0 amide bonds. The maximum absolute atomic E-state index is 6.26. The second-order valence-electron chi connectivity index (χ2n) is 8.27. The van der Waals surface area contributed by atoms with Gasteiger partial charge in [0.05, 0.1) is 33.2 Å². The lowest BCUT2D eigenvalue weighted by atomic mass is 9.87. The first-order chi connectivity index (χ1) is 15.0. The average molecular weight is 435 g/mol. The molecular weight excluding hydrogens is 409 g/mol. The van der Waals surface area contributed by atoms with E-state index >= 15 is 0 Å². The second-order valence-corrected chi connectivity index (χ2v) is 9.18. The second kappa shape index (κ2) is 7.99. The topological polar surface area (TPSA) is 41.9 Å². The van der Waals surface area contributed by atoms with E-state index in [1.165, 1.54) is 10.8 Å². The van der Waals surface area contributed by atoms with Gasteiger partial charge >= 0.3 is 7.12 Å². The Labute approximate surface area is 186 Å². The highest BCUT2D eigenvalue weighted by molar-refractivity contribution is 7.21. The molecule has 2 aromatic heterocycles. The Kier molecular flexibility index (Phi) is 5.30. The van der Waals surface area contributed by atoms with Crippen LogP contribution in [0.4, 0.5) is 0 Å². The molecule has 31 heavy (non-hydrogen) atoms. The molecule has 7 heteroatoms. The Hall–Kier alpha value is -2.32. The molecule has 1 atom stereocenters. The number of aromatic nitrogens is 1. The number of thiophene rings is 1. The van der Waals surface area contributed by atoms with Crippen molar-refractivity contribution in [1.82, 2.24) is 4.57 Å². The van der Waals surface area contributed by atoms with Gasteiger partial charge in [0.25, 0.3) is 0 Å². The Bertz CT molecular complexity index is 1180. The highest BCUT2D eigenvalue weighted by atomic mass is 32.1. The van der Waals surface area contributed by atoms with E-state index in [4.69, 9.17) is 18.8 Å². The molecule has 0 bridgehead atoms. The van der Waals surface area contributed by atoms with E-state index in [2.05, 4.69) is 72.3 Å². The fraction of sp³-hybridized carbons (Fsp3) is 0.333. The first kappa shape index (κ1) is 20.6. The molecule has 1 saturated heterocycles. The van der Waals surface area contributed by atoms with Crippen molar-refractivity contribution in [1.29, 1.82) is 0 Å². The van der Waals surface area contributed by atoms with Gasteiger partial charge in [-0.1, -0.05) is 36.4 Å². The van der Waals surface area contributed by atoms with Crippen LogP contribution in [0.3, 0.4) is 0 Å². The van der Waals surface area contributed by atoms with Crippen molar-refractivity contribution in [2.75, 3.05) is 13.4 Å². The SMILES string of the molecule is CCOCOc1c(-n2c3ccccc3c3ccccc32)csc1B1OC(C)C(C)(C)O1. The molecule has 3 heterocycles. The Morgan fingerprint density at radius 1 is 1.06 bits per heavy atom. The number of ether oxygens (including phenoxy) is 2. The van der Waals surface area contributed by atoms with Crippen molar-refractivity contribution in [3.63, 3.8) is 0 Å². The molecule has 1 aliphatic heterocycles. The normalized spacial score (nSPS) is 18.3. The molecule has 0 aliphatic carbocycles. The van der Waals surface area contributed by atoms with E-state index in [9.17, 15) is 0 Å². The minimum absolute atomic E-state index is 0.0176. The predicted molar refractivity (Wildman–Crippen MR) is 127 cm³/mol. The first-order valence-corrected chi connectivity index (χ1v) is 11.5. The fourth-order valence-corrected chi connectivity index (χ4v) is 4.98. The van der Waals surface area contributed by atoms with E-state index in [-0.39, 0.29) is 18.5 Å². The summed E-state index contributed by atoms with van der Waals surface area (Å²) in [5.74, 6) is 0.750. The van der Waals surface area contributed by atoms with E-state index in [0.717, 1.165) is 27.2 Å². The van der Waals surface area contributed by atoms with Gasteiger partial charge in [0.15, 0.2) is 12.5 Å². The molecule has 5 rings (SSSR count). The molecule has 0 spiro atoms. The van der Waals surface area contributed by atoms with Gasteiger partial charge in [-0.25, -0.2) is 0 Å². The van der Waals surface area contributed by atoms with Crippen LogP contribution in [0.5, 0.6) is 5.75 Å². The number of hydrogen-bond donors (Lipinski definition) is 0. The third-order valence-corrected chi connectivity index (χ3v) is 6.97. The van der Waals surface area contributed by atoms with Gasteiger partial charge in [0.2, 0.25) is 0 Å². The van der Waals surface area contributed by atoms with Crippen LogP contribution in [0.1, 0.15) is 27.7 Å². The molecule has 0 saturated carbocycles. The summed E-state index contributed by atoms with van der Waals surface area (Å²) in [4.78, 5) is 0. The molecule has 1 fully saturated rings. The minimum Gasteiger partial charge on any atom is -0.465 e. The van der Waals surface area contributed by atoms with Crippen molar-refractivity contribution < 1.29 is 18.8 Å². The largest absolute Gasteiger partial charge is 0.509 e. The zero-order chi connectivity index (χ0) is 21.6. The van der Waals surface area contributed by atoms with E-state index in [1.807, 2.05) is 13.8 Å². The molecule has 0 N–H and O–H groups in total. The van der Waals surface area contributed by atoms with Gasteiger partial charge in [-0.2, -0.15) is 0 Å². The number of hydrogen-bond acceptors (Lipinski definition) is 5. The van der Waals surface area contributed by atoms with Crippen LogP contribution in [0.2, 0.25) is 0 Å². The maximum atomic E-state index is 6.26. The third kappa shape index (κ3) is 3.46. The lowest BCUT2D eigenvalue weighted by Crippen LogP contribution is -2.34. The zero-order valence-corrected chi connectivity index (χ0v) is 19.1. The van der Waals surface area contributed by atoms with Crippen molar-refractivity contribution in [2.24, 2.45) is 0 Å². The van der Waals surface area contributed by atoms with E-state index < -0.39 is 7.12 Å². The van der Waals surface area contributed by atoms with Crippen LogP contribution in [0, 0.1) is 0 Å². The summed E-state index contributed by atoms with van der Waals surface area (Å²) in [5.41, 5.74) is 2.88. The number of nitrogens with zero attached hydrogens (tertiary/aromatic N) is 1. The molecule has 1 unspecified atom stereocenters. The standard InChI is InChI=1S/C24H26BNO4S/c1-5-27-15-28-22-21(14-31-23(22)25-29-16(2)24(3,4)30-25)26-19-12-8-6-10-17(19)18-11-7-9-13-20(18)26/h6-14,16H,5,15H2,1-4H3. The molecule has 160 valence electrons. The van der Waals surface area contributed by atoms with Crippen molar-refractivity contribution in [3.8, 4) is 11.4 Å². The molecule has 4 aromatic rings. The van der Waals surface area contributed by atoms with Crippen LogP contribution in [0.15, 0.2) is 53.9 Å². The highest BCUT2D eigenvalue weighted by Gasteiger charge is 2.46. The van der Waals surface area contributed by atoms with Gasteiger partial charge in [-0.3, -0.25) is 0 Å². The lowest BCUT2D eigenvalue weighted by molar-refractivity contribution is 0.0231. The Balaban J connectivity index is 1.69. The first-order valence-electron chi connectivity index (χ1n) is 10.6. The van der Waals surface area contributed by atoms with Gasteiger partial charge in [-0.05, 0) is 39.8 Å². The van der Waals surface area contributed by atoms with Gasteiger partial charge < -0.3 is 23.3 Å². The molecule has 5 nitrogen and oxygen atoms in total. The third-order valence-electron chi connectivity index (χ3n) is 6.00. The summed E-state index contributed by atoms with van der Waals surface area (Å²) in [5, 5.41) is 4.55. The highest BCUT2D eigenvalue weighted by Crippen LogP contribution is 2.38.